The molecule has 1 aromatic heterocycles. The summed E-state index contributed by atoms with van der Waals surface area (Å²) in [4.78, 5) is 0. The number of benzene rings is 1. The molecule has 19 heavy (non-hydrogen) atoms. The average molecular weight is 262 g/mol. The summed E-state index contributed by atoms with van der Waals surface area (Å²) >= 11 is 0. The van der Waals surface area contributed by atoms with Gasteiger partial charge in [0.2, 0.25) is 5.88 Å². The van der Waals surface area contributed by atoms with Crippen LogP contribution in [-0.4, -0.2) is 19.4 Å². The minimum Gasteiger partial charge on any atom is -0.493 e. The Labute approximate surface area is 112 Å². The van der Waals surface area contributed by atoms with E-state index < -0.39 is 0 Å². The Morgan fingerprint density at radius 3 is 2.42 bits per heavy atom. The lowest BCUT2D eigenvalue weighted by Gasteiger charge is -2.10. The zero-order valence-corrected chi connectivity index (χ0v) is 11.6. The number of hydrogen-bond acceptors (Lipinski definition) is 5. The zero-order valence-electron chi connectivity index (χ0n) is 11.6. The van der Waals surface area contributed by atoms with Gasteiger partial charge in [-0.2, -0.15) is 0 Å². The van der Waals surface area contributed by atoms with Crippen molar-refractivity contribution in [3.8, 4) is 22.8 Å². The summed E-state index contributed by atoms with van der Waals surface area (Å²) in [7, 11) is 3.20. The number of ether oxygens (including phenoxy) is 2. The molecule has 0 radical (unpaired) electrons. The van der Waals surface area contributed by atoms with Gasteiger partial charge in [0.05, 0.1) is 14.2 Å². The topological polar surface area (TPSA) is 70.5 Å². The van der Waals surface area contributed by atoms with E-state index in [9.17, 15) is 0 Å². The fourth-order valence-corrected chi connectivity index (χ4v) is 2.06. The molecule has 0 unspecified atom stereocenters. The maximum atomic E-state index is 5.82. The van der Waals surface area contributed by atoms with Crippen LogP contribution in [0.5, 0.6) is 11.5 Å². The molecule has 0 saturated heterocycles. The van der Waals surface area contributed by atoms with E-state index in [1.807, 2.05) is 32.0 Å². The standard InChI is InChI=1S/C14H18N2O3/c1-8(2)12-13(16-19-14(12)15)9-5-6-10(17-3)11(7-9)18-4/h5-8H,15H2,1-4H3. The maximum absolute atomic E-state index is 5.82. The normalized spacial score (nSPS) is 10.8. The molecule has 0 aliphatic heterocycles. The Hall–Kier alpha value is -2.17. The highest BCUT2D eigenvalue weighted by Crippen LogP contribution is 2.37. The lowest BCUT2D eigenvalue weighted by atomic mass is 9.98. The third kappa shape index (κ3) is 2.36. The van der Waals surface area contributed by atoms with Gasteiger partial charge in [-0.25, -0.2) is 0 Å². The molecule has 0 atom stereocenters. The van der Waals surface area contributed by atoms with E-state index in [-0.39, 0.29) is 5.92 Å². The van der Waals surface area contributed by atoms with Crippen LogP contribution in [0.25, 0.3) is 11.3 Å². The van der Waals surface area contributed by atoms with Crippen molar-refractivity contribution >= 4 is 5.88 Å². The van der Waals surface area contributed by atoms with Crippen molar-refractivity contribution in [2.75, 3.05) is 20.0 Å². The second-order valence-electron chi connectivity index (χ2n) is 4.53. The summed E-state index contributed by atoms with van der Waals surface area (Å²) in [5.41, 5.74) is 8.37. The first-order chi connectivity index (χ1) is 9.08. The van der Waals surface area contributed by atoms with Crippen molar-refractivity contribution in [1.82, 2.24) is 5.16 Å². The van der Waals surface area contributed by atoms with Crippen LogP contribution in [0.15, 0.2) is 22.7 Å². The molecular formula is C14H18N2O3. The van der Waals surface area contributed by atoms with Crippen molar-refractivity contribution in [1.29, 1.82) is 0 Å². The Kier molecular flexibility index (Phi) is 3.64. The lowest BCUT2D eigenvalue weighted by Crippen LogP contribution is -1.95. The summed E-state index contributed by atoms with van der Waals surface area (Å²) in [6, 6.07) is 5.61. The minimum absolute atomic E-state index is 0.231. The van der Waals surface area contributed by atoms with E-state index in [1.54, 1.807) is 14.2 Å². The average Bonchev–Trinajstić information content (AvgIpc) is 2.79. The molecule has 5 nitrogen and oxygen atoms in total. The van der Waals surface area contributed by atoms with E-state index in [0.717, 1.165) is 16.8 Å². The molecule has 0 fully saturated rings. The molecule has 1 heterocycles. The summed E-state index contributed by atoms with van der Waals surface area (Å²) < 4.78 is 15.6. The fourth-order valence-electron chi connectivity index (χ4n) is 2.06. The highest BCUT2D eigenvalue weighted by atomic mass is 16.5. The van der Waals surface area contributed by atoms with E-state index in [4.69, 9.17) is 19.7 Å². The van der Waals surface area contributed by atoms with Gasteiger partial charge in [-0.1, -0.05) is 19.0 Å². The fraction of sp³-hybridized carbons (Fsp3) is 0.357. The molecule has 0 aliphatic rings. The van der Waals surface area contributed by atoms with Crippen molar-refractivity contribution < 1.29 is 14.0 Å². The van der Waals surface area contributed by atoms with Gasteiger partial charge < -0.3 is 19.7 Å². The van der Waals surface area contributed by atoms with Gasteiger partial charge in [0.25, 0.3) is 0 Å². The second-order valence-corrected chi connectivity index (χ2v) is 4.53. The monoisotopic (exact) mass is 262 g/mol. The van der Waals surface area contributed by atoms with Crippen LogP contribution in [-0.2, 0) is 0 Å². The number of methoxy groups -OCH3 is 2. The SMILES string of the molecule is COc1ccc(-c2noc(N)c2C(C)C)cc1OC. The summed E-state index contributed by atoms with van der Waals surface area (Å²) in [5.74, 6) is 1.92. The Morgan fingerprint density at radius 2 is 1.84 bits per heavy atom. The molecule has 2 aromatic rings. The summed E-state index contributed by atoms with van der Waals surface area (Å²) in [6.07, 6.45) is 0. The predicted octanol–water partition coefficient (Wildman–Crippen LogP) is 3.06. The molecule has 0 amide bonds. The number of rotatable bonds is 4. The molecule has 102 valence electrons. The summed E-state index contributed by atoms with van der Waals surface area (Å²) in [5, 5.41) is 4.04. The van der Waals surface area contributed by atoms with Crippen molar-refractivity contribution in [2.24, 2.45) is 0 Å². The van der Waals surface area contributed by atoms with Crippen LogP contribution >= 0.6 is 0 Å². The van der Waals surface area contributed by atoms with Crippen LogP contribution in [0.3, 0.4) is 0 Å². The molecule has 0 aliphatic carbocycles. The Bertz CT molecular complexity index is 576. The maximum Gasteiger partial charge on any atom is 0.226 e. The first-order valence-electron chi connectivity index (χ1n) is 6.06. The van der Waals surface area contributed by atoms with E-state index in [1.165, 1.54) is 0 Å². The number of aromatic nitrogens is 1. The number of anilines is 1. The van der Waals surface area contributed by atoms with Gasteiger partial charge in [-0.3, -0.25) is 0 Å². The highest BCUT2D eigenvalue weighted by molar-refractivity contribution is 5.70. The first kappa shape index (κ1) is 13.3. The largest absolute Gasteiger partial charge is 0.493 e. The Morgan fingerprint density at radius 1 is 1.16 bits per heavy atom. The smallest absolute Gasteiger partial charge is 0.226 e. The summed E-state index contributed by atoms with van der Waals surface area (Å²) in [6.45, 7) is 4.10. The molecule has 2 rings (SSSR count). The first-order valence-corrected chi connectivity index (χ1v) is 6.06. The molecule has 2 N–H and O–H groups in total. The Balaban J connectivity index is 2.53. The molecular weight excluding hydrogens is 244 g/mol. The van der Waals surface area contributed by atoms with Gasteiger partial charge in [-0.05, 0) is 24.1 Å². The lowest BCUT2D eigenvalue weighted by molar-refractivity contribution is 0.355. The van der Waals surface area contributed by atoms with Crippen LogP contribution in [0.1, 0.15) is 25.3 Å². The van der Waals surface area contributed by atoms with Crippen molar-refractivity contribution in [3.63, 3.8) is 0 Å². The predicted molar refractivity (Wildman–Crippen MR) is 73.5 cm³/mol. The number of nitrogen functional groups attached to an aromatic ring is 1. The molecule has 0 saturated carbocycles. The minimum atomic E-state index is 0.231. The van der Waals surface area contributed by atoms with Crippen LogP contribution in [0.2, 0.25) is 0 Å². The van der Waals surface area contributed by atoms with Gasteiger partial charge in [0, 0.05) is 11.1 Å². The van der Waals surface area contributed by atoms with E-state index in [2.05, 4.69) is 5.16 Å². The molecule has 1 aromatic carbocycles. The third-order valence-electron chi connectivity index (χ3n) is 2.99. The van der Waals surface area contributed by atoms with Gasteiger partial charge in [-0.15, -0.1) is 0 Å². The zero-order chi connectivity index (χ0) is 14.0. The van der Waals surface area contributed by atoms with Crippen LogP contribution in [0, 0.1) is 0 Å². The van der Waals surface area contributed by atoms with Gasteiger partial charge in [0.1, 0.15) is 5.69 Å². The quantitative estimate of drug-likeness (QED) is 0.916. The van der Waals surface area contributed by atoms with Crippen molar-refractivity contribution in [3.05, 3.63) is 23.8 Å². The van der Waals surface area contributed by atoms with Crippen LogP contribution < -0.4 is 15.2 Å². The van der Waals surface area contributed by atoms with Crippen molar-refractivity contribution in [2.45, 2.75) is 19.8 Å². The highest BCUT2D eigenvalue weighted by Gasteiger charge is 2.19. The third-order valence-corrected chi connectivity index (χ3v) is 2.99. The molecule has 5 heteroatoms. The van der Waals surface area contributed by atoms with Gasteiger partial charge >= 0.3 is 0 Å². The van der Waals surface area contributed by atoms with E-state index >= 15 is 0 Å². The molecule has 0 spiro atoms. The number of nitrogens with zero attached hydrogens (tertiary/aromatic N) is 1. The second kappa shape index (κ2) is 5.22. The number of nitrogens with two attached hydrogens (primary N) is 1. The van der Waals surface area contributed by atoms with Crippen LogP contribution in [0.4, 0.5) is 5.88 Å². The van der Waals surface area contributed by atoms with Gasteiger partial charge in [0.15, 0.2) is 11.5 Å². The van der Waals surface area contributed by atoms with E-state index in [0.29, 0.717) is 17.4 Å². The number of hydrogen-bond donors (Lipinski definition) is 1. The molecule has 0 bridgehead atoms.